The number of unbranched alkanes of at least 4 members (excludes halogenated alkanes) is 10. The SMILES string of the molecule is C#CC(CCC(CCCCCCCCCCCCC)n1cnc2c(N)nc(F)nc21)(COC(=O)CC)C(=O)OC1CCOC1. The summed E-state index contributed by atoms with van der Waals surface area (Å²) < 4.78 is 32.5. The number of nitrogens with two attached hydrogens (primary N) is 1. The van der Waals surface area contributed by atoms with Crippen molar-refractivity contribution in [2.45, 2.75) is 129 Å². The Morgan fingerprint density at radius 3 is 2.41 bits per heavy atom. The van der Waals surface area contributed by atoms with Crippen LogP contribution < -0.4 is 5.73 Å². The van der Waals surface area contributed by atoms with Gasteiger partial charge < -0.3 is 24.5 Å². The van der Waals surface area contributed by atoms with Crippen LogP contribution in [0, 0.1) is 23.8 Å². The lowest BCUT2D eigenvalue weighted by Crippen LogP contribution is -2.39. The number of aromatic nitrogens is 4. The zero-order valence-electron chi connectivity index (χ0n) is 26.5. The maximum Gasteiger partial charge on any atom is 0.328 e. The van der Waals surface area contributed by atoms with Crippen LogP contribution in [-0.4, -0.2) is 57.4 Å². The second kappa shape index (κ2) is 18.5. The van der Waals surface area contributed by atoms with Crippen molar-refractivity contribution >= 4 is 28.9 Å². The fraction of sp³-hybridized carbons (Fsp3) is 0.727. The molecule has 1 fully saturated rings. The van der Waals surface area contributed by atoms with Crippen molar-refractivity contribution in [2.75, 3.05) is 25.6 Å². The van der Waals surface area contributed by atoms with Gasteiger partial charge in [0.15, 0.2) is 16.9 Å². The van der Waals surface area contributed by atoms with Gasteiger partial charge in [0.25, 0.3) is 0 Å². The van der Waals surface area contributed by atoms with Gasteiger partial charge in [-0.05, 0) is 19.3 Å². The number of fused-ring (bicyclic) bond motifs is 1. The molecule has 1 aliphatic heterocycles. The highest BCUT2D eigenvalue weighted by Gasteiger charge is 2.42. The van der Waals surface area contributed by atoms with Crippen LogP contribution in [0.5, 0.6) is 0 Å². The summed E-state index contributed by atoms with van der Waals surface area (Å²) in [5.74, 6) is 1.51. The number of nitrogen functional groups attached to an aromatic ring is 1. The Bertz CT molecular complexity index is 1230. The van der Waals surface area contributed by atoms with E-state index in [2.05, 4.69) is 27.8 Å². The third kappa shape index (κ3) is 10.4. The Hall–Kier alpha value is -3.26. The van der Waals surface area contributed by atoms with Gasteiger partial charge in [-0.25, -0.2) is 4.98 Å². The number of rotatable bonds is 21. The molecule has 0 saturated carbocycles. The Labute approximate surface area is 261 Å². The van der Waals surface area contributed by atoms with Gasteiger partial charge in [-0.15, -0.1) is 6.42 Å². The van der Waals surface area contributed by atoms with E-state index < -0.39 is 29.5 Å². The van der Waals surface area contributed by atoms with E-state index in [1.807, 2.05) is 0 Å². The van der Waals surface area contributed by atoms with Crippen LogP contribution in [0.4, 0.5) is 10.2 Å². The van der Waals surface area contributed by atoms with Crippen molar-refractivity contribution in [2.24, 2.45) is 5.41 Å². The minimum absolute atomic E-state index is 0.0356. The van der Waals surface area contributed by atoms with Crippen molar-refractivity contribution < 1.29 is 28.2 Å². The predicted molar refractivity (Wildman–Crippen MR) is 167 cm³/mol. The highest BCUT2D eigenvalue weighted by Crippen LogP contribution is 2.34. The molecule has 0 spiro atoms. The number of esters is 2. The Balaban J connectivity index is 1.70. The third-order valence-electron chi connectivity index (χ3n) is 8.46. The van der Waals surface area contributed by atoms with Crippen LogP contribution in [0.1, 0.15) is 123 Å². The van der Waals surface area contributed by atoms with Gasteiger partial charge in [0, 0.05) is 18.9 Å². The summed E-state index contributed by atoms with van der Waals surface area (Å²) in [7, 11) is 0. The van der Waals surface area contributed by atoms with Gasteiger partial charge in [-0.1, -0.05) is 90.4 Å². The number of imidazole rings is 1. The van der Waals surface area contributed by atoms with E-state index in [0.717, 1.165) is 25.7 Å². The van der Waals surface area contributed by atoms with Gasteiger partial charge in [-0.3, -0.25) is 9.59 Å². The van der Waals surface area contributed by atoms with Gasteiger partial charge in [0.05, 0.1) is 19.5 Å². The first-order valence-electron chi connectivity index (χ1n) is 16.4. The van der Waals surface area contributed by atoms with E-state index in [0.29, 0.717) is 31.6 Å². The molecule has 0 aliphatic carbocycles. The molecule has 11 heteroatoms. The zero-order chi connectivity index (χ0) is 31.8. The number of hydrogen-bond donors (Lipinski definition) is 1. The lowest BCUT2D eigenvalue weighted by Gasteiger charge is -2.29. The fourth-order valence-corrected chi connectivity index (χ4v) is 5.64. The summed E-state index contributed by atoms with van der Waals surface area (Å²) in [5, 5.41) is 0. The van der Waals surface area contributed by atoms with Crippen molar-refractivity contribution in [3.05, 3.63) is 12.4 Å². The molecule has 3 rings (SSSR count). The molecule has 0 aromatic carbocycles. The quantitative estimate of drug-likeness (QED) is 0.0726. The number of carbonyl (C=O) groups excluding carboxylic acids is 2. The minimum atomic E-state index is -1.49. The maximum absolute atomic E-state index is 14.2. The van der Waals surface area contributed by atoms with Crippen molar-refractivity contribution in [3.8, 4) is 12.3 Å². The van der Waals surface area contributed by atoms with Crippen molar-refractivity contribution in [1.29, 1.82) is 0 Å². The first-order chi connectivity index (χ1) is 21.3. The van der Waals surface area contributed by atoms with Crippen LogP contribution in [0.3, 0.4) is 0 Å². The number of carbonyl (C=O) groups is 2. The molecule has 44 heavy (non-hydrogen) atoms. The highest BCUT2D eigenvalue weighted by molar-refractivity contribution is 5.82. The molecule has 2 N–H and O–H groups in total. The normalized spacial score (nSPS) is 16.8. The number of ether oxygens (including phenoxy) is 3. The largest absolute Gasteiger partial charge is 0.463 e. The molecule has 244 valence electrons. The average Bonchev–Trinajstić information content (AvgIpc) is 3.69. The molecule has 0 bridgehead atoms. The lowest BCUT2D eigenvalue weighted by molar-refractivity contribution is -0.164. The van der Waals surface area contributed by atoms with Gasteiger partial charge in [-0.2, -0.15) is 14.4 Å². The standard InChI is InChI=1S/C33H50FN5O5/c1-4-7-8-9-10-11-12-13-14-15-16-17-25(39-24-36-28-29(35)37-32(34)38-30(28)39)18-20-33(6-3,23-43-27(40)5-2)31(41)44-26-19-21-42-22-26/h3,24-26H,4-5,7-23H2,1-2H3,(H2,35,37,38). The Morgan fingerprint density at radius 1 is 1.11 bits per heavy atom. The third-order valence-corrected chi connectivity index (χ3v) is 8.46. The zero-order valence-corrected chi connectivity index (χ0v) is 26.5. The summed E-state index contributed by atoms with van der Waals surface area (Å²) in [4.78, 5) is 37.5. The summed E-state index contributed by atoms with van der Waals surface area (Å²) in [6.07, 6.45) is 21.6. The lowest BCUT2D eigenvalue weighted by atomic mass is 9.82. The van der Waals surface area contributed by atoms with Crippen LogP contribution in [0.2, 0.25) is 0 Å². The second-order valence-electron chi connectivity index (χ2n) is 11.9. The number of anilines is 1. The maximum atomic E-state index is 14.2. The summed E-state index contributed by atoms with van der Waals surface area (Å²) in [6.45, 7) is 4.42. The summed E-state index contributed by atoms with van der Waals surface area (Å²) >= 11 is 0. The Kier molecular flexibility index (Phi) is 14.8. The molecule has 10 nitrogen and oxygen atoms in total. The minimum Gasteiger partial charge on any atom is -0.463 e. The van der Waals surface area contributed by atoms with E-state index in [4.69, 9.17) is 26.4 Å². The molecule has 0 radical (unpaired) electrons. The van der Waals surface area contributed by atoms with Gasteiger partial charge >= 0.3 is 18.0 Å². The van der Waals surface area contributed by atoms with E-state index in [-0.39, 0.29) is 37.0 Å². The first-order valence-corrected chi connectivity index (χ1v) is 16.4. The molecule has 3 unspecified atom stereocenters. The molecule has 2 aromatic rings. The van der Waals surface area contributed by atoms with Gasteiger partial charge in [0.2, 0.25) is 0 Å². The van der Waals surface area contributed by atoms with E-state index in [1.165, 1.54) is 51.4 Å². The predicted octanol–water partition coefficient (Wildman–Crippen LogP) is 6.47. The van der Waals surface area contributed by atoms with Crippen molar-refractivity contribution in [1.82, 2.24) is 19.5 Å². The van der Waals surface area contributed by atoms with E-state index >= 15 is 0 Å². The Morgan fingerprint density at radius 2 is 1.80 bits per heavy atom. The average molecular weight is 616 g/mol. The molecule has 3 heterocycles. The molecular formula is C33H50FN5O5. The molecule has 2 aromatic heterocycles. The smallest absolute Gasteiger partial charge is 0.328 e. The number of terminal acetylenes is 1. The monoisotopic (exact) mass is 615 g/mol. The topological polar surface area (TPSA) is 131 Å². The molecule has 1 saturated heterocycles. The van der Waals surface area contributed by atoms with E-state index in [1.54, 1.807) is 17.8 Å². The second-order valence-corrected chi connectivity index (χ2v) is 11.9. The molecular weight excluding hydrogens is 565 g/mol. The molecule has 3 atom stereocenters. The molecule has 0 amide bonds. The highest BCUT2D eigenvalue weighted by atomic mass is 19.1. The molecule has 1 aliphatic rings. The number of hydrogen-bond acceptors (Lipinski definition) is 9. The van der Waals surface area contributed by atoms with Gasteiger partial charge in [0.1, 0.15) is 18.2 Å². The summed E-state index contributed by atoms with van der Waals surface area (Å²) in [6, 6.07) is -0.218. The number of halogens is 1. The summed E-state index contributed by atoms with van der Waals surface area (Å²) in [5.41, 5.74) is 5.05. The van der Waals surface area contributed by atoms with Crippen LogP contribution in [0.25, 0.3) is 11.2 Å². The number of nitrogens with zero attached hydrogens (tertiary/aromatic N) is 4. The van der Waals surface area contributed by atoms with Crippen LogP contribution in [-0.2, 0) is 23.8 Å². The van der Waals surface area contributed by atoms with E-state index in [9.17, 15) is 14.0 Å². The van der Waals surface area contributed by atoms with Crippen LogP contribution >= 0.6 is 0 Å². The first kappa shape index (κ1) is 35.2. The van der Waals surface area contributed by atoms with Crippen LogP contribution in [0.15, 0.2) is 6.33 Å². The fourth-order valence-electron chi connectivity index (χ4n) is 5.64. The van der Waals surface area contributed by atoms with Crippen molar-refractivity contribution in [3.63, 3.8) is 0 Å².